The Balaban J connectivity index is 1.66. The lowest BCUT2D eigenvalue weighted by molar-refractivity contribution is -0.118. The van der Waals surface area contributed by atoms with Crippen LogP contribution in [0.15, 0.2) is 70.2 Å². The fraction of sp³-hybridized carbons (Fsp3) is 0.192. The lowest BCUT2D eigenvalue weighted by atomic mass is 10.1. The van der Waals surface area contributed by atoms with Crippen molar-refractivity contribution in [3.05, 3.63) is 87.4 Å². The number of nitrogens with zero attached hydrogens (tertiary/aromatic N) is 1. The molecule has 0 radical (unpaired) electrons. The first kappa shape index (κ1) is 25.0. The first-order chi connectivity index (χ1) is 16.4. The Labute approximate surface area is 207 Å². The molecule has 0 heterocycles. The van der Waals surface area contributed by atoms with Crippen LogP contribution in [0.1, 0.15) is 34.0 Å². The molecule has 3 aromatic carbocycles. The van der Waals surface area contributed by atoms with Gasteiger partial charge in [0.2, 0.25) is 0 Å². The predicted molar refractivity (Wildman–Crippen MR) is 137 cm³/mol. The quantitative estimate of drug-likeness (QED) is 0.296. The Kier molecular flexibility index (Phi) is 8.81. The second-order valence-electron chi connectivity index (χ2n) is 7.46. The molecule has 3 aromatic rings. The van der Waals surface area contributed by atoms with Gasteiger partial charge < -0.3 is 14.8 Å². The van der Waals surface area contributed by atoms with Crippen LogP contribution >= 0.6 is 15.9 Å². The summed E-state index contributed by atoms with van der Waals surface area (Å²) in [6, 6.07) is 18.0. The van der Waals surface area contributed by atoms with Crippen LogP contribution in [0.25, 0.3) is 0 Å². The molecule has 0 aromatic heterocycles. The third-order valence-corrected chi connectivity index (χ3v) is 5.47. The fourth-order valence-corrected chi connectivity index (χ4v) is 3.61. The average Bonchev–Trinajstić information content (AvgIpc) is 2.81. The minimum atomic E-state index is -0.310. The number of carbonyl (C=O) groups excluding carboxylic acids is 2. The van der Waals surface area contributed by atoms with E-state index in [-0.39, 0.29) is 18.4 Å². The minimum Gasteiger partial charge on any atom is -0.490 e. The molecular formula is C26H26BrN3O4. The Morgan fingerprint density at radius 1 is 1.00 bits per heavy atom. The first-order valence-corrected chi connectivity index (χ1v) is 11.5. The van der Waals surface area contributed by atoms with Crippen molar-refractivity contribution in [2.24, 2.45) is 5.10 Å². The zero-order valence-electron chi connectivity index (χ0n) is 19.2. The third-order valence-electron chi connectivity index (χ3n) is 4.89. The van der Waals surface area contributed by atoms with E-state index in [1.165, 1.54) is 6.21 Å². The number of benzene rings is 3. The van der Waals surface area contributed by atoms with E-state index in [0.717, 1.165) is 11.1 Å². The molecule has 0 atom stereocenters. The Morgan fingerprint density at radius 3 is 2.47 bits per heavy atom. The summed E-state index contributed by atoms with van der Waals surface area (Å²) in [5.41, 5.74) is 6.65. The summed E-state index contributed by atoms with van der Waals surface area (Å²) in [5, 5.41) is 6.85. The maximum absolute atomic E-state index is 12.4. The summed E-state index contributed by atoms with van der Waals surface area (Å²) >= 11 is 3.47. The zero-order valence-corrected chi connectivity index (χ0v) is 20.8. The molecule has 0 fully saturated rings. The summed E-state index contributed by atoms with van der Waals surface area (Å²) in [4.78, 5) is 24.5. The van der Waals surface area contributed by atoms with Gasteiger partial charge in [0, 0.05) is 11.3 Å². The van der Waals surface area contributed by atoms with Crippen molar-refractivity contribution in [2.45, 2.75) is 20.8 Å². The molecule has 0 unspecified atom stereocenters. The number of hydrazone groups is 1. The van der Waals surface area contributed by atoms with Gasteiger partial charge in [0.1, 0.15) is 0 Å². The molecule has 0 bridgehead atoms. The van der Waals surface area contributed by atoms with E-state index in [9.17, 15) is 9.59 Å². The maximum Gasteiger partial charge on any atom is 0.271 e. The SMILES string of the molecule is CCOc1cc(/C=N/NC(=O)c2ccccc2)cc(Br)c1OCC(=O)Nc1ccc(C)c(C)c1. The Bertz CT molecular complexity index is 1200. The smallest absolute Gasteiger partial charge is 0.271 e. The zero-order chi connectivity index (χ0) is 24.5. The predicted octanol–water partition coefficient (Wildman–Crippen LogP) is 5.25. The third kappa shape index (κ3) is 6.92. The first-order valence-electron chi connectivity index (χ1n) is 10.7. The van der Waals surface area contributed by atoms with Crippen molar-refractivity contribution >= 4 is 39.6 Å². The van der Waals surface area contributed by atoms with Crippen molar-refractivity contribution in [2.75, 3.05) is 18.5 Å². The van der Waals surface area contributed by atoms with Gasteiger partial charge in [-0.2, -0.15) is 5.10 Å². The lowest BCUT2D eigenvalue weighted by Gasteiger charge is -2.15. The van der Waals surface area contributed by atoms with Gasteiger partial charge in [-0.25, -0.2) is 5.43 Å². The number of amides is 2. The molecule has 0 aliphatic heterocycles. The molecule has 7 nitrogen and oxygen atoms in total. The number of hydrogen-bond donors (Lipinski definition) is 2. The van der Waals surface area contributed by atoms with Gasteiger partial charge in [-0.15, -0.1) is 0 Å². The number of nitrogens with one attached hydrogen (secondary N) is 2. The minimum absolute atomic E-state index is 0.188. The number of anilines is 1. The van der Waals surface area contributed by atoms with Crippen LogP contribution in [-0.2, 0) is 4.79 Å². The highest BCUT2D eigenvalue weighted by Gasteiger charge is 2.14. The summed E-state index contributed by atoms with van der Waals surface area (Å²) in [6.45, 7) is 6.08. The van der Waals surface area contributed by atoms with Gasteiger partial charge in [-0.05, 0) is 89.8 Å². The lowest BCUT2D eigenvalue weighted by Crippen LogP contribution is -2.20. The standard InChI is InChI=1S/C26H26BrN3O4/c1-4-33-23-14-19(15-28-30-26(32)20-8-6-5-7-9-20)13-22(27)25(23)34-16-24(31)29-21-11-10-17(2)18(3)12-21/h5-15H,4,16H2,1-3H3,(H,29,31)(H,30,32)/b28-15+. The van der Waals surface area contributed by atoms with Gasteiger partial charge in [0.25, 0.3) is 11.8 Å². The summed E-state index contributed by atoms with van der Waals surface area (Å²) in [6.07, 6.45) is 1.50. The number of aryl methyl sites for hydroxylation is 2. The van der Waals surface area contributed by atoms with E-state index < -0.39 is 0 Å². The van der Waals surface area contributed by atoms with Gasteiger partial charge in [-0.1, -0.05) is 24.3 Å². The molecule has 0 saturated heterocycles. The van der Waals surface area contributed by atoms with Crippen molar-refractivity contribution < 1.29 is 19.1 Å². The van der Waals surface area contributed by atoms with E-state index >= 15 is 0 Å². The van der Waals surface area contributed by atoms with E-state index in [1.54, 1.807) is 36.4 Å². The monoisotopic (exact) mass is 523 g/mol. The summed E-state index contributed by atoms with van der Waals surface area (Å²) in [7, 11) is 0. The number of ether oxygens (including phenoxy) is 2. The van der Waals surface area contributed by atoms with E-state index in [4.69, 9.17) is 9.47 Å². The van der Waals surface area contributed by atoms with Crippen LogP contribution in [-0.4, -0.2) is 31.2 Å². The van der Waals surface area contributed by atoms with Crippen molar-refractivity contribution in [1.82, 2.24) is 5.43 Å². The number of halogens is 1. The average molecular weight is 524 g/mol. The molecule has 34 heavy (non-hydrogen) atoms. The van der Waals surface area contributed by atoms with E-state index in [2.05, 4.69) is 31.8 Å². The molecular weight excluding hydrogens is 498 g/mol. The second kappa shape index (κ2) is 12.0. The van der Waals surface area contributed by atoms with Crippen LogP contribution in [0.5, 0.6) is 11.5 Å². The second-order valence-corrected chi connectivity index (χ2v) is 8.32. The maximum atomic E-state index is 12.4. The number of hydrogen-bond acceptors (Lipinski definition) is 5. The van der Waals surface area contributed by atoms with E-state index in [1.807, 2.05) is 45.0 Å². The summed E-state index contributed by atoms with van der Waals surface area (Å²) < 4.78 is 12.1. The molecule has 8 heteroatoms. The van der Waals surface area contributed by atoms with Crippen molar-refractivity contribution in [1.29, 1.82) is 0 Å². The number of carbonyl (C=O) groups is 2. The van der Waals surface area contributed by atoms with Crippen molar-refractivity contribution in [3.63, 3.8) is 0 Å². The largest absolute Gasteiger partial charge is 0.490 e. The Hall–Kier alpha value is -3.65. The molecule has 0 saturated carbocycles. The van der Waals surface area contributed by atoms with Crippen LogP contribution < -0.4 is 20.2 Å². The molecule has 0 spiro atoms. The van der Waals surface area contributed by atoms with Gasteiger partial charge in [-0.3, -0.25) is 9.59 Å². The van der Waals surface area contributed by atoms with Gasteiger partial charge in [0.15, 0.2) is 18.1 Å². The molecule has 0 aliphatic carbocycles. The molecule has 2 N–H and O–H groups in total. The van der Waals surface area contributed by atoms with E-state index in [0.29, 0.717) is 39.4 Å². The molecule has 176 valence electrons. The van der Waals surface area contributed by atoms with Crippen LogP contribution in [0.2, 0.25) is 0 Å². The molecule has 0 aliphatic rings. The molecule has 3 rings (SSSR count). The number of rotatable bonds is 9. The highest BCUT2D eigenvalue weighted by atomic mass is 79.9. The van der Waals surface area contributed by atoms with Gasteiger partial charge >= 0.3 is 0 Å². The van der Waals surface area contributed by atoms with Crippen molar-refractivity contribution in [3.8, 4) is 11.5 Å². The van der Waals surface area contributed by atoms with Crippen LogP contribution in [0.4, 0.5) is 5.69 Å². The summed E-state index contributed by atoms with van der Waals surface area (Å²) in [5.74, 6) is 0.261. The molecule has 2 amide bonds. The normalized spacial score (nSPS) is 10.7. The van der Waals surface area contributed by atoms with Gasteiger partial charge in [0.05, 0.1) is 17.3 Å². The Morgan fingerprint density at radius 2 is 1.76 bits per heavy atom. The topological polar surface area (TPSA) is 89.0 Å². The highest BCUT2D eigenvalue weighted by Crippen LogP contribution is 2.36. The van der Waals surface area contributed by atoms with Crippen LogP contribution in [0.3, 0.4) is 0 Å². The van der Waals surface area contributed by atoms with Crippen LogP contribution in [0, 0.1) is 13.8 Å². The highest BCUT2D eigenvalue weighted by molar-refractivity contribution is 9.10. The fourth-order valence-electron chi connectivity index (χ4n) is 3.04.